The van der Waals surface area contributed by atoms with Gasteiger partial charge in [0.05, 0.1) is 21.3 Å². The standard InChI is InChI=1S/C10H13O4/c1-11-7-5-6-8(12-2)10(14-4)9(7)13-3/h5-6H,1H2,2-4H3. The minimum absolute atomic E-state index is 0.474. The highest BCUT2D eigenvalue weighted by molar-refractivity contribution is 5.58. The van der Waals surface area contributed by atoms with Gasteiger partial charge < -0.3 is 18.9 Å². The van der Waals surface area contributed by atoms with Crippen LogP contribution in [0.25, 0.3) is 0 Å². The summed E-state index contributed by atoms with van der Waals surface area (Å²) in [5.74, 6) is 2.06. The molecule has 0 aliphatic carbocycles. The van der Waals surface area contributed by atoms with Gasteiger partial charge in [0.25, 0.3) is 0 Å². The molecule has 0 N–H and O–H groups in total. The molecule has 0 atom stereocenters. The maximum atomic E-state index is 5.14. The largest absolute Gasteiger partial charge is 0.493 e. The van der Waals surface area contributed by atoms with Gasteiger partial charge >= 0.3 is 0 Å². The van der Waals surface area contributed by atoms with Crippen LogP contribution in [0.5, 0.6) is 23.0 Å². The van der Waals surface area contributed by atoms with Crippen molar-refractivity contribution in [3.63, 3.8) is 0 Å². The summed E-state index contributed by atoms with van der Waals surface area (Å²) < 4.78 is 20.2. The molecule has 0 heterocycles. The minimum Gasteiger partial charge on any atom is -0.493 e. The van der Waals surface area contributed by atoms with Crippen LogP contribution in [0, 0.1) is 7.11 Å². The van der Waals surface area contributed by atoms with Gasteiger partial charge in [-0.1, -0.05) is 0 Å². The fraction of sp³-hybridized carbons (Fsp3) is 0.300. The Balaban J connectivity index is 3.28. The van der Waals surface area contributed by atoms with E-state index in [1.165, 1.54) is 14.2 Å². The van der Waals surface area contributed by atoms with Crippen LogP contribution in [-0.4, -0.2) is 21.3 Å². The van der Waals surface area contributed by atoms with E-state index in [2.05, 4.69) is 7.11 Å². The predicted octanol–water partition coefficient (Wildman–Crippen LogP) is 1.88. The molecule has 0 aliphatic rings. The summed E-state index contributed by atoms with van der Waals surface area (Å²) in [4.78, 5) is 0. The molecule has 0 bridgehead atoms. The first-order chi connectivity index (χ1) is 6.78. The first kappa shape index (κ1) is 10.5. The fourth-order valence-corrected chi connectivity index (χ4v) is 1.19. The van der Waals surface area contributed by atoms with Crippen molar-refractivity contribution in [2.75, 3.05) is 21.3 Å². The Morgan fingerprint density at radius 1 is 0.857 bits per heavy atom. The lowest BCUT2D eigenvalue weighted by Gasteiger charge is -2.14. The lowest BCUT2D eigenvalue weighted by atomic mass is 10.2. The molecule has 1 rings (SSSR count). The van der Waals surface area contributed by atoms with Gasteiger partial charge in [-0.05, 0) is 12.1 Å². The molecule has 1 radical (unpaired) electrons. The average Bonchev–Trinajstić information content (AvgIpc) is 2.26. The van der Waals surface area contributed by atoms with E-state index in [4.69, 9.17) is 18.9 Å². The highest BCUT2D eigenvalue weighted by Crippen LogP contribution is 2.43. The molecule has 0 unspecified atom stereocenters. The van der Waals surface area contributed by atoms with Crippen molar-refractivity contribution in [1.29, 1.82) is 0 Å². The van der Waals surface area contributed by atoms with Gasteiger partial charge in [-0.3, -0.25) is 0 Å². The second-order valence-electron chi connectivity index (χ2n) is 2.48. The van der Waals surface area contributed by atoms with Crippen LogP contribution in [0.2, 0.25) is 0 Å². The van der Waals surface area contributed by atoms with Crippen molar-refractivity contribution in [3.05, 3.63) is 19.2 Å². The second kappa shape index (κ2) is 4.60. The van der Waals surface area contributed by atoms with E-state index in [0.29, 0.717) is 23.0 Å². The lowest BCUT2D eigenvalue weighted by Crippen LogP contribution is -1.96. The van der Waals surface area contributed by atoms with Crippen molar-refractivity contribution in [3.8, 4) is 23.0 Å². The summed E-state index contributed by atoms with van der Waals surface area (Å²) in [6.45, 7) is 0. The van der Waals surface area contributed by atoms with Gasteiger partial charge in [-0.2, -0.15) is 0 Å². The maximum absolute atomic E-state index is 5.14. The molecule has 0 spiro atoms. The van der Waals surface area contributed by atoms with Gasteiger partial charge in [0.15, 0.2) is 11.5 Å². The molecule has 0 aliphatic heterocycles. The Labute approximate surface area is 83.3 Å². The summed E-state index contributed by atoms with van der Waals surface area (Å²) in [6, 6.07) is 3.43. The highest BCUT2D eigenvalue weighted by Gasteiger charge is 2.15. The van der Waals surface area contributed by atoms with Crippen LogP contribution in [0.15, 0.2) is 12.1 Å². The molecular formula is C10H13O4. The van der Waals surface area contributed by atoms with E-state index >= 15 is 0 Å². The molecule has 4 heteroatoms. The third kappa shape index (κ3) is 1.69. The minimum atomic E-state index is 0.474. The van der Waals surface area contributed by atoms with E-state index in [1.807, 2.05) is 0 Å². The van der Waals surface area contributed by atoms with E-state index < -0.39 is 0 Å². The van der Waals surface area contributed by atoms with Crippen molar-refractivity contribution < 1.29 is 18.9 Å². The van der Waals surface area contributed by atoms with Gasteiger partial charge in [0.1, 0.15) is 7.11 Å². The molecule has 4 nitrogen and oxygen atoms in total. The maximum Gasteiger partial charge on any atom is 0.207 e. The van der Waals surface area contributed by atoms with Gasteiger partial charge in [0, 0.05) is 0 Å². The molecule has 14 heavy (non-hydrogen) atoms. The van der Waals surface area contributed by atoms with Crippen LogP contribution in [0.4, 0.5) is 0 Å². The lowest BCUT2D eigenvalue weighted by molar-refractivity contribution is 0.312. The SMILES string of the molecule is [CH2]Oc1ccc(OC)c(OC)c1OC. The van der Waals surface area contributed by atoms with Gasteiger partial charge in [-0.25, -0.2) is 0 Å². The summed E-state index contributed by atoms with van der Waals surface area (Å²) in [5, 5.41) is 0. The first-order valence-corrected chi connectivity index (χ1v) is 3.99. The molecule has 0 aromatic heterocycles. The summed E-state index contributed by atoms with van der Waals surface area (Å²) in [7, 11) is 7.94. The predicted molar refractivity (Wildman–Crippen MR) is 52.1 cm³/mol. The molecule has 1 aromatic carbocycles. The summed E-state index contributed by atoms with van der Waals surface area (Å²) in [6.07, 6.45) is 0. The average molecular weight is 197 g/mol. The zero-order valence-corrected chi connectivity index (χ0v) is 8.49. The zero-order chi connectivity index (χ0) is 10.6. The molecule has 1 aromatic rings. The number of hydrogen-bond acceptors (Lipinski definition) is 4. The quantitative estimate of drug-likeness (QED) is 0.738. The van der Waals surface area contributed by atoms with Crippen LogP contribution < -0.4 is 18.9 Å². The van der Waals surface area contributed by atoms with Crippen molar-refractivity contribution in [2.45, 2.75) is 0 Å². The Kier molecular flexibility index (Phi) is 3.45. The highest BCUT2D eigenvalue weighted by atomic mass is 16.5. The molecular weight excluding hydrogens is 184 g/mol. The smallest absolute Gasteiger partial charge is 0.207 e. The number of benzene rings is 1. The van der Waals surface area contributed by atoms with E-state index in [9.17, 15) is 0 Å². The fourth-order valence-electron chi connectivity index (χ4n) is 1.19. The van der Waals surface area contributed by atoms with Crippen LogP contribution >= 0.6 is 0 Å². The summed E-state index contributed by atoms with van der Waals surface area (Å²) >= 11 is 0. The van der Waals surface area contributed by atoms with E-state index in [-0.39, 0.29) is 0 Å². The van der Waals surface area contributed by atoms with Gasteiger partial charge in [0.2, 0.25) is 11.5 Å². The summed E-state index contributed by atoms with van der Waals surface area (Å²) in [5.41, 5.74) is 0. The molecule has 0 fully saturated rings. The number of methoxy groups -OCH3 is 3. The van der Waals surface area contributed by atoms with E-state index in [0.717, 1.165) is 0 Å². The number of ether oxygens (including phenoxy) is 4. The first-order valence-electron chi connectivity index (χ1n) is 3.99. The number of rotatable bonds is 4. The van der Waals surface area contributed by atoms with Gasteiger partial charge in [-0.15, -0.1) is 0 Å². The monoisotopic (exact) mass is 197 g/mol. The Hall–Kier alpha value is -1.58. The van der Waals surface area contributed by atoms with Crippen molar-refractivity contribution in [1.82, 2.24) is 0 Å². The Morgan fingerprint density at radius 3 is 1.79 bits per heavy atom. The topological polar surface area (TPSA) is 36.9 Å². The normalized spacial score (nSPS) is 9.43. The molecule has 0 amide bonds. The van der Waals surface area contributed by atoms with E-state index in [1.54, 1.807) is 19.2 Å². The van der Waals surface area contributed by atoms with Crippen molar-refractivity contribution >= 4 is 0 Å². The van der Waals surface area contributed by atoms with Crippen molar-refractivity contribution in [2.24, 2.45) is 0 Å². The Bertz CT molecular complexity index is 278. The molecule has 77 valence electrons. The Morgan fingerprint density at radius 2 is 1.36 bits per heavy atom. The molecule has 0 saturated carbocycles. The third-order valence-electron chi connectivity index (χ3n) is 1.82. The zero-order valence-electron chi connectivity index (χ0n) is 8.49. The molecule has 0 saturated heterocycles. The van der Waals surface area contributed by atoms with Crippen LogP contribution in [0.1, 0.15) is 0 Å². The second-order valence-corrected chi connectivity index (χ2v) is 2.48. The number of hydrogen-bond donors (Lipinski definition) is 0. The van der Waals surface area contributed by atoms with Crippen LogP contribution in [-0.2, 0) is 0 Å². The third-order valence-corrected chi connectivity index (χ3v) is 1.82. The van der Waals surface area contributed by atoms with Crippen LogP contribution in [0.3, 0.4) is 0 Å².